The predicted molar refractivity (Wildman–Crippen MR) is 73.6 cm³/mol. The van der Waals surface area contributed by atoms with E-state index in [-0.39, 0.29) is 18.1 Å². The Labute approximate surface area is 122 Å². The Morgan fingerprint density at radius 3 is 2.62 bits per heavy atom. The molecular weight excluding hydrogens is 277 g/mol. The molecule has 0 spiro atoms. The highest BCUT2D eigenvalue weighted by molar-refractivity contribution is 5.95. The molecule has 1 aromatic carbocycles. The van der Waals surface area contributed by atoms with E-state index in [1.54, 1.807) is 6.92 Å². The number of ether oxygens (including phenoxy) is 1. The molecule has 1 heterocycles. The Kier molecular flexibility index (Phi) is 4.57. The van der Waals surface area contributed by atoms with E-state index in [0.29, 0.717) is 37.2 Å². The maximum Gasteiger partial charge on any atom is 0.305 e. The minimum atomic E-state index is -0.965. The molecule has 6 heteroatoms. The number of aryl methyl sites for hydroxylation is 1. The molecule has 2 rings (SSSR count). The van der Waals surface area contributed by atoms with Crippen molar-refractivity contribution in [3.05, 3.63) is 35.1 Å². The fourth-order valence-corrected chi connectivity index (χ4v) is 2.50. The van der Waals surface area contributed by atoms with E-state index in [9.17, 15) is 14.0 Å². The average Bonchev–Trinajstić information content (AvgIpc) is 2.41. The first-order valence-corrected chi connectivity index (χ1v) is 6.80. The zero-order valence-corrected chi connectivity index (χ0v) is 11.8. The third-order valence-corrected chi connectivity index (χ3v) is 3.74. The maximum absolute atomic E-state index is 13.2. The van der Waals surface area contributed by atoms with Gasteiger partial charge in [0.05, 0.1) is 12.0 Å². The van der Waals surface area contributed by atoms with Crippen molar-refractivity contribution in [2.24, 2.45) is 0 Å². The summed E-state index contributed by atoms with van der Waals surface area (Å²) in [5.74, 6) is -1.73. The Morgan fingerprint density at radius 1 is 1.38 bits per heavy atom. The van der Waals surface area contributed by atoms with Crippen LogP contribution in [-0.2, 0) is 9.53 Å². The lowest BCUT2D eigenvalue weighted by atomic mass is 9.86. The minimum Gasteiger partial charge on any atom is -0.481 e. The smallest absolute Gasteiger partial charge is 0.305 e. The molecule has 21 heavy (non-hydrogen) atoms. The fourth-order valence-electron chi connectivity index (χ4n) is 2.50. The lowest BCUT2D eigenvalue weighted by molar-refractivity contribution is -0.139. The van der Waals surface area contributed by atoms with Crippen molar-refractivity contribution < 1.29 is 23.8 Å². The number of carboxylic acid groups (broad SMARTS) is 1. The van der Waals surface area contributed by atoms with Gasteiger partial charge in [-0.1, -0.05) is 0 Å². The molecule has 1 aliphatic rings. The summed E-state index contributed by atoms with van der Waals surface area (Å²) >= 11 is 0. The molecule has 0 saturated carbocycles. The Morgan fingerprint density at radius 2 is 2.05 bits per heavy atom. The number of halogens is 1. The molecule has 0 radical (unpaired) electrons. The van der Waals surface area contributed by atoms with E-state index in [0.717, 1.165) is 0 Å². The van der Waals surface area contributed by atoms with Crippen LogP contribution in [0, 0.1) is 12.7 Å². The zero-order chi connectivity index (χ0) is 15.5. The van der Waals surface area contributed by atoms with Crippen LogP contribution in [0.2, 0.25) is 0 Å². The number of aliphatic carboxylic acids is 1. The Hall–Kier alpha value is -1.95. The molecule has 1 saturated heterocycles. The highest BCUT2D eigenvalue weighted by atomic mass is 19.1. The van der Waals surface area contributed by atoms with Crippen molar-refractivity contribution in [3.63, 3.8) is 0 Å². The maximum atomic E-state index is 13.2. The lowest BCUT2D eigenvalue weighted by Gasteiger charge is -2.36. The van der Waals surface area contributed by atoms with E-state index in [1.807, 2.05) is 0 Å². The van der Waals surface area contributed by atoms with Crippen LogP contribution in [0.5, 0.6) is 0 Å². The second kappa shape index (κ2) is 6.22. The summed E-state index contributed by atoms with van der Waals surface area (Å²) in [5.41, 5.74) is -0.101. The van der Waals surface area contributed by atoms with Crippen LogP contribution in [0.3, 0.4) is 0 Å². The number of hydrogen-bond acceptors (Lipinski definition) is 3. The largest absolute Gasteiger partial charge is 0.481 e. The van der Waals surface area contributed by atoms with E-state index in [2.05, 4.69) is 5.32 Å². The minimum absolute atomic E-state index is 0.151. The zero-order valence-electron chi connectivity index (χ0n) is 11.8. The van der Waals surface area contributed by atoms with E-state index in [4.69, 9.17) is 9.84 Å². The van der Waals surface area contributed by atoms with Gasteiger partial charge in [-0.15, -0.1) is 0 Å². The van der Waals surface area contributed by atoms with Crippen molar-refractivity contribution in [2.75, 3.05) is 13.2 Å². The second-order valence-electron chi connectivity index (χ2n) is 5.38. The van der Waals surface area contributed by atoms with Crippen LogP contribution in [0.15, 0.2) is 18.2 Å². The van der Waals surface area contributed by atoms with Gasteiger partial charge < -0.3 is 15.2 Å². The monoisotopic (exact) mass is 295 g/mol. The van der Waals surface area contributed by atoms with Crippen LogP contribution >= 0.6 is 0 Å². The van der Waals surface area contributed by atoms with Crippen molar-refractivity contribution in [2.45, 2.75) is 31.7 Å². The third kappa shape index (κ3) is 3.78. The SMILES string of the molecule is Cc1cc(C(=O)NC2(CC(=O)O)CCOCC2)ccc1F. The van der Waals surface area contributed by atoms with Gasteiger partial charge in [-0.05, 0) is 43.5 Å². The summed E-state index contributed by atoms with van der Waals surface area (Å²) in [5, 5.41) is 11.9. The molecule has 1 aromatic rings. The summed E-state index contributed by atoms with van der Waals surface area (Å²) in [7, 11) is 0. The van der Waals surface area contributed by atoms with E-state index >= 15 is 0 Å². The van der Waals surface area contributed by atoms with Crippen LogP contribution in [0.4, 0.5) is 4.39 Å². The van der Waals surface area contributed by atoms with Gasteiger partial charge in [0, 0.05) is 18.8 Å². The molecule has 0 unspecified atom stereocenters. The van der Waals surface area contributed by atoms with Crippen LogP contribution in [0.1, 0.15) is 35.2 Å². The first kappa shape index (κ1) is 15.4. The number of nitrogens with one attached hydrogen (secondary N) is 1. The quantitative estimate of drug-likeness (QED) is 0.889. The summed E-state index contributed by atoms with van der Waals surface area (Å²) in [4.78, 5) is 23.3. The first-order chi connectivity index (χ1) is 9.92. The van der Waals surface area contributed by atoms with E-state index < -0.39 is 11.5 Å². The molecule has 0 aliphatic carbocycles. The first-order valence-electron chi connectivity index (χ1n) is 6.80. The van der Waals surface area contributed by atoms with Crippen LogP contribution in [0.25, 0.3) is 0 Å². The van der Waals surface area contributed by atoms with Crippen molar-refractivity contribution in [1.29, 1.82) is 0 Å². The van der Waals surface area contributed by atoms with Crippen molar-refractivity contribution >= 4 is 11.9 Å². The van der Waals surface area contributed by atoms with Gasteiger partial charge in [-0.25, -0.2) is 4.39 Å². The van der Waals surface area contributed by atoms with Gasteiger partial charge in [0.25, 0.3) is 5.91 Å². The van der Waals surface area contributed by atoms with Gasteiger partial charge in [0.15, 0.2) is 0 Å². The van der Waals surface area contributed by atoms with Gasteiger partial charge in [0.2, 0.25) is 0 Å². The predicted octanol–water partition coefficient (Wildman–Crippen LogP) is 1.89. The summed E-state index contributed by atoms with van der Waals surface area (Å²) in [6.45, 7) is 2.40. The average molecular weight is 295 g/mol. The molecular formula is C15H18FNO4. The Balaban J connectivity index is 2.17. The number of carbonyl (C=O) groups excluding carboxylic acids is 1. The van der Waals surface area contributed by atoms with Crippen molar-refractivity contribution in [3.8, 4) is 0 Å². The number of amides is 1. The van der Waals surface area contributed by atoms with Crippen LogP contribution < -0.4 is 5.32 Å². The molecule has 1 fully saturated rings. The summed E-state index contributed by atoms with van der Waals surface area (Å²) in [6.07, 6.45) is 0.749. The van der Waals surface area contributed by atoms with Crippen LogP contribution in [-0.4, -0.2) is 35.7 Å². The van der Waals surface area contributed by atoms with E-state index in [1.165, 1.54) is 18.2 Å². The van der Waals surface area contributed by atoms with Gasteiger partial charge in [-0.2, -0.15) is 0 Å². The summed E-state index contributed by atoms with van der Waals surface area (Å²) in [6, 6.07) is 4.09. The second-order valence-corrected chi connectivity index (χ2v) is 5.38. The molecule has 0 atom stereocenters. The number of rotatable bonds is 4. The third-order valence-electron chi connectivity index (χ3n) is 3.74. The number of benzene rings is 1. The number of carboxylic acids is 1. The number of hydrogen-bond donors (Lipinski definition) is 2. The highest BCUT2D eigenvalue weighted by Gasteiger charge is 2.36. The number of carbonyl (C=O) groups is 2. The molecule has 114 valence electrons. The topological polar surface area (TPSA) is 75.6 Å². The molecule has 5 nitrogen and oxygen atoms in total. The molecule has 1 amide bonds. The Bertz CT molecular complexity index is 553. The highest BCUT2D eigenvalue weighted by Crippen LogP contribution is 2.25. The molecule has 0 bridgehead atoms. The lowest BCUT2D eigenvalue weighted by Crippen LogP contribution is -2.53. The normalized spacial score (nSPS) is 17.2. The van der Waals surface area contributed by atoms with Gasteiger partial charge in [0.1, 0.15) is 5.82 Å². The standard InChI is InChI=1S/C15H18FNO4/c1-10-8-11(2-3-12(10)16)14(20)17-15(9-13(18)19)4-6-21-7-5-15/h2-3,8H,4-7,9H2,1H3,(H,17,20)(H,18,19). The summed E-state index contributed by atoms with van der Waals surface area (Å²) < 4.78 is 18.5. The molecule has 1 aliphatic heterocycles. The molecule has 2 N–H and O–H groups in total. The fraction of sp³-hybridized carbons (Fsp3) is 0.467. The molecule has 0 aromatic heterocycles. The van der Waals surface area contributed by atoms with Gasteiger partial charge in [-0.3, -0.25) is 9.59 Å². The van der Waals surface area contributed by atoms with Crippen molar-refractivity contribution in [1.82, 2.24) is 5.32 Å². The van der Waals surface area contributed by atoms with Gasteiger partial charge >= 0.3 is 5.97 Å².